The molecule has 1 aliphatic rings. The number of carbonyl (C=O) groups is 2. The van der Waals surface area contributed by atoms with Crippen LogP contribution in [0.15, 0.2) is 28.7 Å². The second kappa shape index (κ2) is 6.89. The Labute approximate surface area is 132 Å². The summed E-state index contributed by atoms with van der Waals surface area (Å²) < 4.78 is 0.939. The zero-order chi connectivity index (χ0) is 15.4. The highest BCUT2D eigenvalue weighted by molar-refractivity contribution is 9.10. The minimum Gasteiger partial charge on any atom is -0.481 e. The standard InChI is InChI=1S/C16H18BrNO3/c1-11-4-5-12(14(17)9-11)6-7-15(19)18-8-2-3-13(10-18)16(20)21/h4-7,9,13H,2-3,8,10H2,1H3,(H,20,21)/b7-6+/t13-/m0/s1. The van der Waals surface area contributed by atoms with Crippen molar-refractivity contribution in [2.75, 3.05) is 13.1 Å². The maximum atomic E-state index is 12.1. The molecule has 1 aromatic carbocycles. The quantitative estimate of drug-likeness (QED) is 0.851. The summed E-state index contributed by atoms with van der Waals surface area (Å²) in [5, 5.41) is 9.05. The zero-order valence-corrected chi connectivity index (χ0v) is 13.5. The molecule has 0 radical (unpaired) electrons. The van der Waals surface area contributed by atoms with Gasteiger partial charge in [-0.1, -0.05) is 28.1 Å². The Hall–Kier alpha value is -1.62. The van der Waals surface area contributed by atoms with Crippen LogP contribution in [0.2, 0.25) is 0 Å². The number of carbonyl (C=O) groups excluding carboxylic acids is 1. The third-order valence-electron chi connectivity index (χ3n) is 3.64. The lowest BCUT2D eigenvalue weighted by Gasteiger charge is -2.29. The first-order valence-electron chi connectivity index (χ1n) is 6.93. The van der Waals surface area contributed by atoms with Gasteiger partial charge in [0.25, 0.3) is 0 Å². The van der Waals surface area contributed by atoms with E-state index in [4.69, 9.17) is 5.11 Å². The Morgan fingerprint density at radius 2 is 2.19 bits per heavy atom. The minimum absolute atomic E-state index is 0.131. The first kappa shape index (κ1) is 15.8. The highest BCUT2D eigenvalue weighted by atomic mass is 79.9. The van der Waals surface area contributed by atoms with Crippen LogP contribution >= 0.6 is 15.9 Å². The third-order valence-corrected chi connectivity index (χ3v) is 4.33. The van der Waals surface area contributed by atoms with Gasteiger partial charge < -0.3 is 10.0 Å². The molecule has 1 aliphatic heterocycles. The van der Waals surface area contributed by atoms with Crippen LogP contribution in [0.3, 0.4) is 0 Å². The van der Waals surface area contributed by atoms with Crippen molar-refractivity contribution in [3.63, 3.8) is 0 Å². The fraction of sp³-hybridized carbons (Fsp3) is 0.375. The Morgan fingerprint density at radius 1 is 1.43 bits per heavy atom. The van der Waals surface area contributed by atoms with E-state index in [2.05, 4.69) is 15.9 Å². The summed E-state index contributed by atoms with van der Waals surface area (Å²) in [5.74, 6) is -1.40. The average Bonchev–Trinajstić information content (AvgIpc) is 2.46. The topological polar surface area (TPSA) is 57.6 Å². The van der Waals surface area contributed by atoms with E-state index in [0.717, 1.165) is 22.0 Å². The lowest BCUT2D eigenvalue weighted by atomic mass is 9.98. The number of carboxylic acids is 1. The molecule has 1 N–H and O–H groups in total. The van der Waals surface area contributed by atoms with E-state index in [1.807, 2.05) is 25.1 Å². The fourth-order valence-corrected chi connectivity index (χ4v) is 3.04. The molecule has 4 nitrogen and oxygen atoms in total. The molecule has 112 valence electrons. The van der Waals surface area contributed by atoms with Crippen LogP contribution in [-0.4, -0.2) is 35.0 Å². The van der Waals surface area contributed by atoms with E-state index in [0.29, 0.717) is 19.5 Å². The van der Waals surface area contributed by atoms with Crippen LogP contribution in [0.1, 0.15) is 24.0 Å². The van der Waals surface area contributed by atoms with Gasteiger partial charge >= 0.3 is 5.97 Å². The number of carboxylic acid groups (broad SMARTS) is 1. The van der Waals surface area contributed by atoms with Crippen LogP contribution in [0.25, 0.3) is 6.08 Å². The Bertz CT molecular complexity index is 583. The number of rotatable bonds is 3. The maximum Gasteiger partial charge on any atom is 0.308 e. The van der Waals surface area contributed by atoms with Crippen molar-refractivity contribution in [2.24, 2.45) is 5.92 Å². The van der Waals surface area contributed by atoms with Gasteiger partial charge in [0.1, 0.15) is 0 Å². The monoisotopic (exact) mass is 351 g/mol. The number of hydrogen-bond acceptors (Lipinski definition) is 2. The van der Waals surface area contributed by atoms with E-state index >= 15 is 0 Å². The van der Waals surface area contributed by atoms with Crippen LogP contribution < -0.4 is 0 Å². The first-order valence-corrected chi connectivity index (χ1v) is 7.72. The number of aryl methyl sites for hydroxylation is 1. The molecule has 0 spiro atoms. The predicted molar refractivity (Wildman–Crippen MR) is 84.9 cm³/mol. The van der Waals surface area contributed by atoms with Crippen molar-refractivity contribution in [1.82, 2.24) is 4.90 Å². The second-order valence-corrected chi connectivity index (χ2v) is 6.17. The summed E-state index contributed by atoms with van der Waals surface area (Å²) in [5.41, 5.74) is 2.08. The molecule has 0 saturated carbocycles. The van der Waals surface area contributed by atoms with Crippen molar-refractivity contribution in [3.8, 4) is 0 Å². The van der Waals surface area contributed by atoms with Crippen LogP contribution in [0, 0.1) is 12.8 Å². The molecule has 1 fully saturated rings. The molecule has 0 aromatic heterocycles. The molecule has 1 saturated heterocycles. The van der Waals surface area contributed by atoms with Gasteiger partial charge in [0.2, 0.25) is 5.91 Å². The smallest absolute Gasteiger partial charge is 0.308 e. The first-order chi connectivity index (χ1) is 9.97. The van der Waals surface area contributed by atoms with Crippen molar-refractivity contribution in [3.05, 3.63) is 39.9 Å². The van der Waals surface area contributed by atoms with Gasteiger partial charge in [-0.3, -0.25) is 9.59 Å². The number of nitrogens with zero attached hydrogens (tertiary/aromatic N) is 1. The number of likely N-dealkylation sites (tertiary alicyclic amines) is 1. The van der Waals surface area contributed by atoms with E-state index in [1.165, 1.54) is 6.08 Å². The normalized spacial score (nSPS) is 19.0. The van der Waals surface area contributed by atoms with Gasteiger partial charge in [-0.15, -0.1) is 0 Å². The maximum absolute atomic E-state index is 12.1. The summed E-state index contributed by atoms with van der Waals surface area (Å²) in [6.07, 6.45) is 4.66. The summed E-state index contributed by atoms with van der Waals surface area (Å²) in [6.45, 7) is 2.93. The number of halogens is 1. The van der Waals surface area contributed by atoms with Crippen LogP contribution in [-0.2, 0) is 9.59 Å². The van der Waals surface area contributed by atoms with Gasteiger partial charge in [-0.25, -0.2) is 0 Å². The molecule has 1 heterocycles. The number of benzene rings is 1. The molecule has 21 heavy (non-hydrogen) atoms. The molecule has 1 aromatic rings. The third kappa shape index (κ3) is 4.17. The predicted octanol–water partition coefficient (Wildman–Crippen LogP) is 3.09. The van der Waals surface area contributed by atoms with Gasteiger partial charge in [-0.05, 0) is 43.0 Å². The molecule has 1 atom stereocenters. The molecule has 0 aliphatic carbocycles. The van der Waals surface area contributed by atoms with Crippen LogP contribution in [0.5, 0.6) is 0 Å². The van der Waals surface area contributed by atoms with Crippen LogP contribution in [0.4, 0.5) is 0 Å². The number of hydrogen-bond donors (Lipinski definition) is 1. The van der Waals surface area contributed by atoms with Gasteiger partial charge in [-0.2, -0.15) is 0 Å². The fourth-order valence-electron chi connectivity index (χ4n) is 2.41. The molecule has 2 rings (SSSR count). The number of piperidine rings is 1. The van der Waals surface area contributed by atoms with Crippen molar-refractivity contribution < 1.29 is 14.7 Å². The van der Waals surface area contributed by atoms with Crippen molar-refractivity contribution >= 4 is 33.9 Å². The molecule has 0 unspecified atom stereocenters. The van der Waals surface area contributed by atoms with E-state index in [1.54, 1.807) is 11.0 Å². The van der Waals surface area contributed by atoms with E-state index in [9.17, 15) is 9.59 Å². The Kier molecular flexibility index (Phi) is 5.17. The summed E-state index contributed by atoms with van der Waals surface area (Å²) >= 11 is 3.47. The SMILES string of the molecule is Cc1ccc(/C=C/C(=O)N2CCC[C@H](C(=O)O)C2)c(Br)c1. The minimum atomic E-state index is -0.822. The molecule has 5 heteroatoms. The van der Waals surface area contributed by atoms with Gasteiger partial charge in [0.05, 0.1) is 5.92 Å². The largest absolute Gasteiger partial charge is 0.481 e. The molecular weight excluding hydrogens is 334 g/mol. The summed E-state index contributed by atoms with van der Waals surface area (Å²) in [7, 11) is 0. The number of amides is 1. The van der Waals surface area contributed by atoms with Gasteiger partial charge in [0, 0.05) is 23.6 Å². The molecule has 0 bridgehead atoms. The number of aliphatic carboxylic acids is 1. The van der Waals surface area contributed by atoms with E-state index in [-0.39, 0.29) is 5.91 Å². The lowest BCUT2D eigenvalue weighted by Crippen LogP contribution is -2.41. The van der Waals surface area contributed by atoms with E-state index < -0.39 is 11.9 Å². The molecular formula is C16H18BrNO3. The highest BCUT2D eigenvalue weighted by Crippen LogP contribution is 2.21. The average molecular weight is 352 g/mol. The second-order valence-electron chi connectivity index (χ2n) is 5.32. The Morgan fingerprint density at radius 3 is 2.86 bits per heavy atom. The highest BCUT2D eigenvalue weighted by Gasteiger charge is 2.27. The van der Waals surface area contributed by atoms with Crippen molar-refractivity contribution in [1.29, 1.82) is 0 Å². The summed E-state index contributed by atoms with van der Waals surface area (Å²) in [4.78, 5) is 24.8. The van der Waals surface area contributed by atoms with Gasteiger partial charge in [0.15, 0.2) is 0 Å². The van der Waals surface area contributed by atoms with Crippen molar-refractivity contribution in [2.45, 2.75) is 19.8 Å². The summed E-state index contributed by atoms with van der Waals surface area (Å²) in [6, 6.07) is 5.92. The Balaban J connectivity index is 2.03. The lowest BCUT2D eigenvalue weighted by molar-refractivity contribution is -0.144. The molecule has 1 amide bonds. The zero-order valence-electron chi connectivity index (χ0n) is 11.9.